The largest absolute Gasteiger partial charge is 0.481 e. The SMILES string of the molecule is Nc1nc(SCCC(=O)O)nc2c1ncn2[C@@H]1O[C@H](CSCCC(=O)O)[C@@H](O)[C@H]1O. The van der Waals surface area contributed by atoms with E-state index in [1.165, 1.54) is 22.7 Å². The highest BCUT2D eigenvalue weighted by molar-refractivity contribution is 7.99. The van der Waals surface area contributed by atoms with Gasteiger partial charge >= 0.3 is 11.9 Å². The maximum absolute atomic E-state index is 10.7. The van der Waals surface area contributed by atoms with Crippen LogP contribution in [0.1, 0.15) is 19.1 Å². The van der Waals surface area contributed by atoms with E-state index in [0.717, 1.165) is 11.8 Å². The molecule has 2 aromatic heterocycles. The summed E-state index contributed by atoms with van der Waals surface area (Å²) in [4.78, 5) is 33.9. The molecule has 2 aromatic rings. The molecule has 0 aliphatic carbocycles. The van der Waals surface area contributed by atoms with Gasteiger partial charge in [0, 0.05) is 17.3 Å². The Bertz CT molecular complexity index is 927. The average Bonchev–Trinajstić information content (AvgIpc) is 3.21. The number of aliphatic hydroxyl groups is 2. The standard InChI is InChI=1S/C16H21N5O7S2/c17-13-10-14(20-16(19-13)30-4-2-9(24)25)21(6-18-10)15-12(27)11(26)7(28-15)5-29-3-1-8(22)23/h6-7,11-12,15,26-27H,1-5H2,(H,22,23)(H,24,25)(H2,17,19,20)/t7-,11-,12-,15-/m1/s1. The zero-order valence-electron chi connectivity index (χ0n) is 15.6. The van der Waals surface area contributed by atoms with Crippen LogP contribution in [0.15, 0.2) is 11.5 Å². The monoisotopic (exact) mass is 459 g/mol. The van der Waals surface area contributed by atoms with Crippen molar-refractivity contribution in [2.75, 3.05) is 23.0 Å². The van der Waals surface area contributed by atoms with Crippen LogP contribution in [0.3, 0.4) is 0 Å². The number of carboxylic acids is 2. The summed E-state index contributed by atoms with van der Waals surface area (Å²) in [5.41, 5.74) is 6.52. The van der Waals surface area contributed by atoms with E-state index in [1.54, 1.807) is 0 Å². The van der Waals surface area contributed by atoms with Crippen molar-refractivity contribution in [3.8, 4) is 0 Å². The topological polar surface area (TPSA) is 194 Å². The predicted octanol–water partition coefficient (Wildman–Crippen LogP) is -0.198. The minimum Gasteiger partial charge on any atom is -0.481 e. The van der Waals surface area contributed by atoms with Gasteiger partial charge < -0.3 is 30.9 Å². The zero-order chi connectivity index (χ0) is 21.8. The molecule has 0 unspecified atom stereocenters. The van der Waals surface area contributed by atoms with Crippen LogP contribution in [0.5, 0.6) is 0 Å². The molecule has 164 valence electrons. The summed E-state index contributed by atoms with van der Waals surface area (Å²) in [6.45, 7) is 0. The number of carboxylic acid groups (broad SMARTS) is 2. The fraction of sp³-hybridized carbons (Fsp3) is 0.562. The number of thioether (sulfide) groups is 2. The molecule has 3 heterocycles. The van der Waals surface area contributed by atoms with Crippen LogP contribution in [-0.4, -0.2) is 87.5 Å². The molecule has 12 nitrogen and oxygen atoms in total. The van der Waals surface area contributed by atoms with Crippen LogP contribution in [0.4, 0.5) is 5.82 Å². The van der Waals surface area contributed by atoms with E-state index in [1.807, 2.05) is 0 Å². The number of imidazole rings is 1. The van der Waals surface area contributed by atoms with Crippen LogP contribution in [0.25, 0.3) is 11.2 Å². The number of fused-ring (bicyclic) bond motifs is 1. The quantitative estimate of drug-likeness (QED) is 0.178. The lowest BCUT2D eigenvalue weighted by molar-refractivity contribution is -0.137. The summed E-state index contributed by atoms with van der Waals surface area (Å²) < 4.78 is 7.26. The molecule has 1 aliphatic heterocycles. The Morgan fingerprint density at radius 1 is 1.13 bits per heavy atom. The van der Waals surface area contributed by atoms with Crippen molar-refractivity contribution in [2.45, 2.75) is 42.5 Å². The molecular weight excluding hydrogens is 438 g/mol. The number of hydrogen-bond acceptors (Lipinski definition) is 11. The van der Waals surface area contributed by atoms with Crippen molar-refractivity contribution in [3.05, 3.63) is 6.33 Å². The van der Waals surface area contributed by atoms with Gasteiger partial charge in [-0.25, -0.2) is 15.0 Å². The zero-order valence-corrected chi connectivity index (χ0v) is 17.3. The molecule has 1 fully saturated rings. The highest BCUT2D eigenvalue weighted by atomic mass is 32.2. The highest BCUT2D eigenvalue weighted by Crippen LogP contribution is 2.34. The summed E-state index contributed by atoms with van der Waals surface area (Å²) in [5, 5.41) is 38.5. The van der Waals surface area contributed by atoms with Gasteiger partial charge in [0.2, 0.25) is 0 Å². The fourth-order valence-electron chi connectivity index (χ4n) is 2.85. The highest BCUT2D eigenvalue weighted by Gasteiger charge is 2.44. The molecule has 30 heavy (non-hydrogen) atoms. The molecule has 1 saturated heterocycles. The van der Waals surface area contributed by atoms with E-state index in [9.17, 15) is 19.8 Å². The number of nitrogens with zero attached hydrogens (tertiary/aromatic N) is 4. The predicted molar refractivity (Wildman–Crippen MR) is 108 cm³/mol. The van der Waals surface area contributed by atoms with E-state index < -0.39 is 36.5 Å². The van der Waals surface area contributed by atoms with Crippen molar-refractivity contribution in [2.24, 2.45) is 0 Å². The van der Waals surface area contributed by atoms with Crippen molar-refractivity contribution >= 4 is 52.4 Å². The van der Waals surface area contributed by atoms with Crippen LogP contribution in [-0.2, 0) is 14.3 Å². The van der Waals surface area contributed by atoms with Gasteiger partial charge in [0.05, 0.1) is 25.3 Å². The van der Waals surface area contributed by atoms with E-state index in [-0.39, 0.29) is 35.2 Å². The lowest BCUT2D eigenvalue weighted by Crippen LogP contribution is -2.32. The number of nitrogen functional groups attached to an aromatic ring is 1. The van der Waals surface area contributed by atoms with Crippen LogP contribution >= 0.6 is 23.5 Å². The first-order chi connectivity index (χ1) is 14.3. The third kappa shape index (κ3) is 5.13. The summed E-state index contributed by atoms with van der Waals surface area (Å²) in [6, 6.07) is 0. The summed E-state index contributed by atoms with van der Waals surface area (Å²) in [6.07, 6.45) is -2.80. The Balaban J connectivity index is 1.75. The second-order valence-electron chi connectivity index (χ2n) is 6.47. The van der Waals surface area contributed by atoms with Crippen molar-refractivity contribution in [1.82, 2.24) is 19.5 Å². The molecular formula is C16H21N5O7S2. The minimum atomic E-state index is -1.26. The lowest BCUT2D eigenvalue weighted by Gasteiger charge is -2.16. The molecule has 0 amide bonds. The molecule has 0 radical (unpaired) electrons. The number of rotatable bonds is 10. The molecule has 0 aromatic carbocycles. The summed E-state index contributed by atoms with van der Waals surface area (Å²) in [7, 11) is 0. The van der Waals surface area contributed by atoms with Gasteiger partial charge in [0.25, 0.3) is 0 Å². The Labute approximate surface area is 178 Å². The maximum atomic E-state index is 10.7. The van der Waals surface area contributed by atoms with Gasteiger partial charge in [-0.1, -0.05) is 11.8 Å². The summed E-state index contributed by atoms with van der Waals surface area (Å²) >= 11 is 2.43. The van der Waals surface area contributed by atoms with Gasteiger partial charge in [0.1, 0.15) is 17.7 Å². The molecule has 14 heteroatoms. The first kappa shape index (κ1) is 22.6. The Morgan fingerprint density at radius 2 is 1.83 bits per heavy atom. The number of anilines is 1. The van der Waals surface area contributed by atoms with Gasteiger partial charge in [-0.2, -0.15) is 11.8 Å². The second-order valence-corrected chi connectivity index (χ2v) is 8.68. The normalized spacial score (nSPS) is 23.8. The van der Waals surface area contributed by atoms with Gasteiger partial charge in [-0.3, -0.25) is 14.2 Å². The van der Waals surface area contributed by atoms with Gasteiger partial charge in [0.15, 0.2) is 22.8 Å². The Morgan fingerprint density at radius 3 is 2.53 bits per heavy atom. The summed E-state index contributed by atoms with van der Waals surface area (Å²) in [5.74, 6) is -0.826. The van der Waals surface area contributed by atoms with Crippen molar-refractivity contribution in [1.29, 1.82) is 0 Å². The molecule has 1 aliphatic rings. The lowest BCUT2D eigenvalue weighted by atomic mass is 10.1. The smallest absolute Gasteiger partial charge is 0.304 e. The van der Waals surface area contributed by atoms with Gasteiger partial charge in [-0.05, 0) is 0 Å². The number of ether oxygens (including phenoxy) is 1. The number of aliphatic hydroxyl groups excluding tert-OH is 2. The number of hydrogen-bond donors (Lipinski definition) is 5. The maximum Gasteiger partial charge on any atom is 0.304 e. The molecule has 3 rings (SSSR count). The number of aromatic nitrogens is 4. The van der Waals surface area contributed by atoms with Gasteiger partial charge in [-0.15, -0.1) is 0 Å². The Hall–Kier alpha value is -2.13. The van der Waals surface area contributed by atoms with Crippen molar-refractivity contribution < 1.29 is 34.8 Å². The van der Waals surface area contributed by atoms with Crippen LogP contribution in [0, 0.1) is 0 Å². The molecule has 0 spiro atoms. The first-order valence-electron chi connectivity index (χ1n) is 8.93. The number of carbonyl (C=O) groups is 2. The third-order valence-electron chi connectivity index (χ3n) is 4.33. The molecule has 0 bridgehead atoms. The van der Waals surface area contributed by atoms with Crippen LogP contribution < -0.4 is 5.73 Å². The van der Waals surface area contributed by atoms with E-state index in [0.29, 0.717) is 17.0 Å². The average molecular weight is 460 g/mol. The molecule has 4 atom stereocenters. The second kappa shape index (κ2) is 9.78. The number of nitrogens with two attached hydrogens (primary N) is 1. The molecule has 0 saturated carbocycles. The van der Waals surface area contributed by atoms with E-state index in [2.05, 4.69) is 15.0 Å². The minimum absolute atomic E-state index is 0.00978. The van der Waals surface area contributed by atoms with Crippen LogP contribution in [0.2, 0.25) is 0 Å². The van der Waals surface area contributed by atoms with Crippen molar-refractivity contribution in [3.63, 3.8) is 0 Å². The molecule has 6 N–H and O–H groups in total. The van der Waals surface area contributed by atoms with E-state index >= 15 is 0 Å². The number of aliphatic carboxylic acids is 2. The fourth-order valence-corrected chi connectivity index (χ4v) is 4.62. The first-order valence-corrected chi connectivity index (χ1v) is 11.1. The third-order valence-corrected chi connectivity index (χ3v) is 6.23. The Kier molecular flexibility index (Phi) is 7.36. The van der Waals surface area contributed by atoms with E-state index in [4.69, 9.17) is 20.7 Å².